The first kappa shape index (κ1) is 15.7. The minimum atomic E-state index is 0.0854. The Morgan fingerprint density at radius 1 is 1.31 bits per heavy atom. The molecule has 2 fully saturated rings. The summed E-state index contributed by atoms with van der Waals surface area (Å²) in [5.74, 6) is 1.71. The summed E-state index contributed by atoms with van der Waals surface area (Å²) in [6.45, 7) is 1.41. The first-order valence-corrected chi connectivity index (χ1v) is 9.79. The Hall–Kier alpha value is -2.55. The molecule has 1 saturated carbocycles. The van der Waals surface area contributed by atoms with E-state index in [1.165, 1.54) is 0 Å². The lowest BCUT2D eigenvalue weighted by Gasteiger charge is -2.32. The second-order valence-corrected chi connectivity index (χ2v) is 7.66. The predicted octanol–water partition coefficient (Wildman–Crippen LogP) is 2.74. The highest BCUT2D eigenvalue weighted by Gasteiger charge is 2.30. The van der Waals surface area contributed by atoms with Crippen LogP contribution in [0.25, 0.3) is 11.6 Å². The van der Waals surface area contributed by atoms with Crippen molar-refractivity contribution < 1.29 is 9.32 Å². The number of amides is 1. The van der Waals surface area contributed by atoms with Crippen LogP contribution in [0.3, 0.4) is 0 Å². The summed E-state index contributed by atoms with van der Waals surface area (Å²) in [6.07, 6.45) is 6.01. The van der Waals surface area contributed by atoms with E-state index in [0.717, 1.165) is 43.6 Å². The van der Waals surface area contributed by atoms with Gasteiger partial charge in [0.1, 0.15) is 0 Å². The molecule has 9 heteroatoms. The van der Waals surface area contributed by atoms with Gasteiger partial charge in [-0.25, -0.2) is 4.68 Å². The third-order valence-electron chi connectivity index (χ3n) is 4.94. The van der Waals surface area contributed by atoms with Crippen LogP contribution in [0.4, 0.5) is 0 Å². The van der Waals surface area contributed by atoms with E-state index < -0.39 is 0 Å². The molecule has 5 rings (SSSR count). The van der Waals surface area contributed by atoms with E-state index in [1.807, 2.05) is 32.6 Å². The Kier molecular flexibility index (Phi) is 3.81. The van der Waals surface area contributed by atoms with Crippen LogP contribution in [0.2, 0.25) is 0 Å². The summed E-state index contributed by atoms with van der Waals surface area (Å²) in [5.41, 5.74) is 1.35. The molecule has 4 heterocycles. The van der Waals surface area contributed by atoms with Gasteiger partial charge >= 0.3 is 0 Å². The van der Waals surface area contributed by atoms with Gasteiger partial charge in [0.25, 0.3) is 11.8 Å². The molecule has 1 amide bonds. The van der Waals surface area contributed by atoms with E-state index in [4.69, 9.17) is 4.52 Å². The average Bonchev–Trinajstić information content (AvgIpc) is 3.14. The zero-order valence-electron chi connectivity index (χ0n) is 14.1. The summed E-state index contributed by atoms with van der Waals surface area (Å²) < 4.78 is 7.14. The quantitative estimate of drug-likeness (QED) is 0.701. The minimum absolute atomic E-state index is 0.0854. The first-order valence-electron chi connectivity index (χ1n) is 8.85. The lowest BCUT2D eigenvalue weighted by atomic mass is 10.1. The van der Waals surface area contributed by atoms with Crippen LogP contribution >= 0.6 is 11.3 Å². The van der Waals surface area contributed by atoms with Crippen LogP contribution in [0, 0.1) is 0 Å². The number of rotatable bonds is 4. The molecule has 0 radical (unpaired) electrons. The van der Waals surface area contributed by atoms with Crippen molar-refractivity contribution in [2.24, 2.45) is 0 Å². The van der Waals surface area contributed by atoms with Gasteiger partial charge in [-0.1, -0.05) is 10.4 Å². The minimum Gasteiger partial charge on any atom is -0.336 e. The van der Waals surface area contributed by atoms with Gasteiger partial charge in [0.2, 0.25) is 0 Å². The molecule has 134 valence electrons. The molecule has 1 saturated heterocycles. The van der Waals surface area contributed by atoms with Crippen molar-refractivity contribution in [1.82, 2.24) is 30.0 Å². The van der Waals surface area contributed by atoms with Crippen LogP contribution in [0.5, 0.6) is 0 Å². The molecule has 0 spiro atoms. The number of piperidine rings is 1. The molecule has 3 aromatic heterocycles. The first-order chi connectivity index (χ1) is 12.8. The molecule has 2 aliphatic rings. The summed E-state index contributed by atoms with van der Waals surface area (Å²) in [5, 5.41) is 16.3. The van der Waals surface area contributed by atoms with Crippen molar-refractivity contribution in [3.05, 3.63) is 34.4 Å². The number of thiophene rings is 1. The monoisotopic (exact) mass is 370 g/mol. The lowest BCUT2D eigenvalue weighted by Crippen LogP contribution is -2.40. The van der Waals surface area contributed by atoms with Crippen LogP contribution in [-0.2, 0) is 0 Å². The Labute approximate surface area is 153 Å². The van der Waals surface area contributed by atoms with Crippen molar-refractivity contribution in [2.75, 3.05) is 13.1 Å². The maximum Gasteiger partial charge on any atom is 0.280 e. The summed E-state index contributed by atoms with van der Waals surface area (Å²) in [7, 11) is 0. The van der Waals surface area contributed by atoms with Gasteiger partial charge in [-0.3, -0.25) is 4.79 Å². The van der Waals surface area contributed by atoms with Crippen LogP contribution in [0.15, 0.2) is 27.5 Å². The number of hydrogen-bond donors (Lipinski definition) is 0. The van der Waals surface area contributed by atoms with E-state index in [0.29, 0.717) is 24.0 Å². The Bertz CT molecular complexity index is 913. The third-order valence-corrected chi connectivity index (χ3v) is 5.62. The molecule has 8 nitrogen and oxygen atoms in total. The maximum atomic E-state index is 12.6. The maximum absolute atomic E-state index is 12.6. The van der Waals surface area contributed by atoms with Gasteiger partial charge in [0.15, 0.2) is 11.5 Å². The predicted molar refractivity (Wildman–Crippen MR) is 93.8 cm³/mol. The highest BCUT2D eigenvalue weighted by Crippen LogP contribution is 2.38. The van der Waals surface area contributed by atoms with Gasteiger partial charge in [-0.2, -0.15) is 16.3 Å². The Balaban J connectivity index is 1.31. The number of likely N-dealkylation sites (tertiary alicyclic amines) is 1. The topological polar surface area (TPSA) is 89.9 Å². The molecule has 1 aliphatic carbocycles. The number of carbonyl (C=O) groups excluding carboxylic acids is 1. The molecule has 0 bridgehead atoms. The average molecular weight is 370 g/mol. The number of carbonyl (C=O) groups is 1. The van der Waals surface area contributed by atoms with E-state index in [1.54, 1.807) is 11.3 Å². The molecule has 1 aliphatic heterocycles. The molecule has 0 aromatic carbocycles. The number of nitrogens with zero attached hydrogens (tertiary/aromatic N) is 6. The summed E-state index contributed by atoms with van der Waals surface area (Å²) in [6, 6.07) is 1.98. The van der Waals surface area contributed by atoms with E-state index in [-0.39, 0.29) is 11.9 Å². The SMILES string of the molecule is O=C(c1ccsc1)N1CCC[C@H](n2cc(-c3nc(C4CC4)no3)nn2)C1. The van der Waals surface area contributed by atoms with Crippen molar-refractivity contribution >= 4 is 17.2 Å². The molecule has 3 aromatic rings. The summed E-state index contributed by atoms with van der Waals surface area (Å²) >= 11 is 1.54. The third kappa shape index (κ3) is 2.92. The zero-order valence-corrected chi connectivity index (χ0v) is 14.9. The Morgan fingerprint density at radius 2 is 2.23 bits per heavy atom. The van der Waals surface area contributed by atoms with Gasteiger partial charge in [-0.05, 0) is 37.1 Å². The van der Waals surface area contributed by atoms with Crippen molar-refractivity contribution in [1.29, 1.82) is 0 Å². The van der Waals surface area contributed by atoms with E-state index in [2.05, 4.69) is 20.5 Å². The van der Waals surface area contributed by atoms with Gasteiger partial charge in [-0.15, -0.1) is 5.10 Å². The molecular weight excluding hydrogens is 352 g/mol. The van der Waals surface area contributed by atoms with Gasteiger partial charge in [0, 0.05) is 24.4 Å². The molecule has 0 N–H and O–H groups in total. The molecular formula is C17H18N6O2S. The smallest absolute Gasteiger partial charge is 0.280 e. The van der Waals surface area contributed by atoms with Crippen molar-refractivity contribution in [3.63, 3.8) is 0 Å². The fourth-order valence-corrected chi connectivity index (χ4v) is 3.95. The van der Waals surface area contributed by atoms with Crippen molar-refractivity contribution in [2.45, 2.75) is 37.6 Å². The second kappa shape index (κ2) is 6.31. The molecule has 1 atom stereocenters. The number of aromatic nitrogens is 5. The van der Waals surface area contributed by atoms with Crippen LogP contribution < -0.4 is 0 Å². The zero-order chi connectivity index (χ0) is 17.5. The highest BCUT2D eigenvalue weighted by molar-refractivity contribution is 7.08. The molecule has 26 heavy (non-hydrogen) atoms. The highest BCUT2D eigenvalue weighted by atomic mass is 32.1. The fraction of sp³-hybridized carbons (Fsp3) is 0.471. The Morgan fingerprint density at radius 3 is 3.04 bits per heavy atom. The van der Waals surface area contributed by atoms with Crippen LogP contribution in [0.1, 0.15) is 53.8 Å². The summed E-state index contributed by atoms with van der Waals surface area (Å²) in [4.78, 5) is 18.9. The van der Waals surface area contributed by atoms with E-state index in [9.17, 15) is 4.79 Å². The largest absolute Gasteiger partial charge is 0.336 e. The van der Waals surface area contributed by atoms with E-state index >= 15 is 0 Å². The van der Waals surface area contributed by atoms with Gasteiger partial charge in [0.05, 0.1) is 17.8 Å². The standard InChI is InChI=1S/C17H18N6O2S/c24-17(12-5-7-26-10-12)22-6-1-2-13(8-22)23-9-14(19-21-23)16-18-15(20-25-16)11-3-4-11/h5,7,9-11,13H,1-4,6,8H2/t13-/m0/s1. The lowest BCUT2D eigenvalue weighted by molar-refractivity contribution is 0.0672. The normalized spacial score (nSPS) is 20.5. The number of hydrogen-bond acceptors (Lipinski definition) is 7. The molecule has 0 unspecified atom stereocenters. The second-order valence-electron chi connectivity index (χ2n) is 6.88. The van der Waals surface area contributed by atoms with Crippen molar-refractivity contribution in [3.8, 4) is 11.6 Å². The fourth-order valence-electron chi connectivity index (χ4n) is 3.32. The van der Waals surface area contributed by atoms with Gasteiger partial charge < -0.3 is 9.42 Å². The van der Waals surface area contributed by atoms with Crippen LogP contribution in [-0.4, -0.2) is 49.0 Å².